The van der Waals surface area contributed by atoms with Gasteiger partial charge in [-0.2, -0.15) is 0 Å². The molecule has 118 valence electrons. The summed E-state index contributed by atoms with van der Waals surface area (Å²) in [5.41, 5.74) is 0.416. The molecular formula is C11H15KN2O7S. The molecule has 0 heterocycles. The largest absolute Gasteiger partial charge is 1.00 e. The van der Waals surface area contributed by atoms with Gasteiger partial charge in [-0.15, -0.1) is 0 Å². The number of nitrogens with zero attached hydrogens (tertiary/aromatic N) is 2. The Hall–Kier alpha value is -0.114. The molecule has 1 aromatic rings. The topological polar surface area (TPSA) is 133 Å². The van der Waals surface area contributed by atoms with Crippen molar-refractivity contribution in [1.29, 1.82) is 0 Å². The normalized spacial score (nSPS) is 12.6. The number of hydrogen-bond donors (Lipinski definition) is 1. The minimum atomic E-state index is -4.65. The second-order valence-corrected chi connectivity index (χ2v) is 5.91. The Bertz CT molecular complexity index is 623. The minimum absolute atomic E-state index is 0. The smallest absolute Gasteiger partial charge is 0.735 e. The molecule has 0 aromatic heterocycles. The fraction of sp³-hybridized carbons (Fsp3) is 0.455. The van der Waals surface area contributed by atoms with Gasteiger partial charge in [-0.1, -0.05) is 6.07 Å². The van der Waals surface area contributed by atoms with Crippen LogP contribution in [0.1, 0.15) is 5.56 Å². The van der Waals surface area contributed by atoms with Crippen LogP contribution in [0.5, 0.6) is 5.75 Å². The molecule has 0 fully saturated rings. The van der Waals surface area contributed by atoms with Gasteiger partial charge in [0.15, 0.2) is 16.1 Å². The zero-order valence-corrected chi connectivity index (χ0v) is 16.4. The molecule has 1 aromatic carbocycles. The quantitative estimate of drug-likeness (QED) is 0.238. The third-order valence-electron chi connectivity index (χ3n) is 2.59. The maximum absolute atomic E-state index is 10.9. The van der Waals surface area contributed by atoms with Crippen LogP contribution in [0, 0.1) is 17.0 Å². The first-order chi connectivity index (χ1) is 9.61. The fourth-order valence-electron chi connectivity index (χ4n) is 1.52. The van der Waals surface area contributed by atoms with Crippen molar-refractivity contribution in [1.82, 2.24) is 4.31 Å². The molecule has 11 heteroatoms. The molecule has 0 radical (unpaired) electrons. The van der Waals surface area contributed by atoms with Gasteiger partial charge < -0.3 is 14.4 Å². The summed E-state index contributed by atoms with van der Waals surface area (Å²) in [6, 6.07) is 4.30. The Labute approximate surface area is 170 Å². The summed E-state index contributed by atoms with van der Waals surface area (Å²) >= 11 is 0. The second-order valence-electron chi connectivity index (χ2n) is 4.43. The molecule has 0 amide bonds. The Morgan fingerprint density at radius 3 is 2.55 bits per heavy atom. The summed E-state index contributed by atoms with van der Waals surface area (Å²) in [5.74, 6) is -0.0442. The molecule has 1 unspecified atom stereocenters. The number of likely N-dealkylation sites (N-methyl/N-ethyl adjacent to an activating group) is 1. The van der Waals surface area contributed by atoms with Gasteiger partial charge in [0.1, 0.15) is 12.7 Å². The molecule has 0 saturated carbocycles. The number of aliphatic hydroxyl groups excluding tert-OH is 1. The van der Waals surface area contributed by atoms with Crippen LogP contribution in [0.15, 0.2) is 18.2 Å². The maximum atomic E-state index is 10.9. The first kappa shape index (κ1) is 21.9. The molecule has 0 aliphatic rings. The summed E-state index contributed by atoms with van der Waals surface area (Å²) < 4.78 is 37.5. The van der Waals surface area contributed by atoms with E-state index in [1.165, 1.54) is 12.1 Å². The first-order valence-electron chi connectivity index (χ1n) is 5.84. The van der Waals surface area contributed by atoms with Crippen molar-refractivity contribution in [3.8, 4) is 5.75 Å². The number of nitro benzene ring substituents is 1. The van der Waals surface area contributed by atoms with Crippen molar-refractivity contribution in [3.63, 3.8) is 0 Å². The van der Waals surface area contributed by atoms with Gasteiger partial charge in [-0.25, -0.2) is 12.7 Å². The molecule has 9 nitrogen and oxygen atoms in total. The number of nitro groups is 1. The van der Waals surface area contributed by atoms with E-state index in [4.69, 9.17) is 4.74 Å². The van der Waals surface area contributed by atoms with Gasteiger partial charge in [0.2, 0.25) is 0 Å². The number of rotatable bonds is 7. The average Bonchev–Trinajstić information content (AvgIpc) is 2.35. The molecule has 1 rings (SSSR count). The molecule has 1 N–H and O–H groups in total. The average molecular weight is 358 g/mol. The van der Waals surface area contributed by atoms with E-state index < -0.39 is 27.9 Å². The molecule has 0 aliphatic carbocycles. The summed E-state index contributed by atoms with van der Waals surface area (Å²) in [5, 5.41) is 20.5. The monoisotopic (exact) mass is 358 g/mol. The van der Waals surface area contributed by atoms with E-state index in [9.17, 15) is 28.2 Å². The number of aryl methyl sites for hydroxylation is 1. The van der Waals surface area contributed by atoms with E-state index in [-0.39, 0.29) is 69.4 Å². The van der Waals surface area contributed by atoms with Crippen molar-refractivity contribution < 1.29 is 79.1 Å². The van der Waals surface area contributed by atoms with Crippen LogP contribution in [-0.2, 0) is 10.3 Å². The third-order valence-corrected chi connectivity index (χ3v) is 3.50. The van der Waals surface area contributed by atoms with Crippen molar-refractivity contribution in [2.45, 2.75) is 13.0 Å². The van der Waals surface area contributed by atoms with E-state index in [1.54, 1.807) is 13.0 Å². The van der Waals surface area contributed by atoms with Crippen molar-refractivity contribution >= 4 is 16.0 Å². The van der Waals surface area contributed by atoms with Crippen molar-refractivity contribution in [2.24, 2.45) is 0 Å². The van der Waals surface area contributed by atoms with E-state index in [0.717, 1.165) is 7.05 Å². The van der Waals surface area contributed by atoms with Gasteiger partial charge in [-0.3, -0.25) is 10.1 Å². The Morgan fingerprint density at radius 2 is 2.05 bits per heavy atom. The van der Waals surface area contributed by atoms with Crippen LogP contribution >= 0.6 is 0 Å². The van der Waals surface area contributed by atoms with Gasteiger partial charge in [0.25, 0.3) is 0 Å². The Morgan fingerprint density at radius 1 is 1.45 bits per heavy atom. The van der Waals surface area contributed by atoms with Crippen molar-refractivity contribution in [3.05, 3.63) is 33.9 Å². The SMILES string of the molecule is Cc1ccc(OCC(O)CN(C)S(=O)(=O)[O-])c([N+](=O)[O-])c1.[K+]. The molecule has 1 atom stereocenters. The number of ether oxygens (including phenoxy) is 1. The van der Waals surface area contributed by atoms with E-state index in [2.05, 4.69) is 0 Å². The number of aliphatic hydroxyl groups is 1. The van der Waals surface area contributed by atoms with Gasteiger partial charge >= 0.3 is 57.1 Å². The fourth-order valence-corrected chi connectivity index (χ4v) is 1.87. The second kappa shape index (κ2) is 9.25. The Kier molecular flexibility index (Phi) is 9.20. The van der Waals surface area contributed by atoms with Crippen LogP contribution in [0.4, 0.5) is 5.69 Å². The molecule has 0 aliphatic heterocycles. The number of benzene rings is 1. The van der Waals surface area contributed by atoms with E-state index in [0.29, 0.717) is 9.87 Å². The summed E-state index contributed by atoms with van der Waals surface area (Å²) in [6.45, 7) is 0.828. The van der Waals surface area contributed by atoms with Gasteiger partial charge in [-0.05, 0) is 18.6 Å². The predicted molar refractivity (Wildman–Crippen MR) is 71.7 cm³/mol. The molecule has 22 heavy (non-hydrogen) atoms. The maximum Gasteiger partial charge on any atom is 1.00 e. The van der Waals surface area contributed by atoms with Gasteiger partial charge in [0.05, 0.1) is 4.92 Å². The summed E-state index contributed by atoms with van der Waals surface area (Å²) in [7, 11) is -3.63. The van der Waals surface area contributed by atoms with Crippen LogP contribution in [-0.4, -0.2) is 53.6 Å². The third kappa shape index (κ3) is 6.98. The van der Waals surface area contributed by atoms with Crippen LogP contribution in [0.2, 0.25) is 0 Å². The molecule has 0 saturated heterocycles. The molecule has 0 spiro atoms. The summed E-state index contributed by atoms with van der Waals surface area (Å²) in [6.07, 6.45) is -1.29. The number of hydrogen-bond acceptors (Lipinski definition) is 7. The first-order valence-corrected chi connectivity index (χ1v) is 7.21. The molecular weight excluding hydrogens is 343 g/mol. The standard InChI is InChI=1S/C11H16N2O7S.K/c1-8-3-4-11(10(5-8)13(15)16)20-7-9(14)6-12(2)21(17,18)19;/h3-5,9,14H,6-7H2,1-2H3,(H,17,18,19);/q;+1/p-1. The zero-order valence-electron chi connectivity index (χ0n) is 12.4. The van der Waals surface area contributed by atoms with Crippen LogP contribution in [0.25, 0.3) is 0 Å². The predicted octanol–water partition coefficient (Wildman–Crippen LogP) is -2.96. The van der Waals surface area contributed by atoms with E-state index in [1.807, 2.05) is 0 Å². The summed E-state index contributed by atoms with van der Waals surface area (Å²) in [4.78, 5) is 10.2. The van der Waals surface area contributed by atoms with Gasteiger partial charge in [0, 0.05) is 19.7 Å². The Balaban J connectivity index is 0.00000441. The zero-order chi connectivity index (χ0) is 16.2. The molecule has 0 bridgehead atoms. The van der Waals surface area contributed by atoms with E-state index >= 15 is 0 Å². The van der Waals surface area contributed by atoms with Crippen molar-refractivity contribution in [2.75, 3.05) is 20.2 Å². The minimum Gasteiger partial charge on any atom is -0.735 e. The van der Waals surface area contributed by atoms with Crippen LogP contribution < -0.4 is 56.1 Å². The van der Waals surface area contributed by atoms with Crippen LogP contribution in [0.3, 0.4) is 0 Å².